The van der Waals surface area contributed by atoms with Crippen LogP contribution < -0.4 is 5.01 Å². The van der Waals surface area contributed by atoms with Crippen LogP contribution in [0.1, 0.15) is 25.3 Å². The number of nitrogens with zero attached hydrogens (tertiary/aromatic N) is 3. The number of benzene rings is 1. The van der Waals surface area contributed by atoms with E-state index in [0.717, 1.165) is 12.1 Å². The fourth-order valence-electron chi connectivity index (χ4n) is 1.62. The van der Waals surface area contributed by atoms with E-state index in [2.05, 4.69) is 11.2 Å². The van der Waals surface area contributed by atoms with Gasteiger partial charge in [-0.2, -0.15) is 15.4 Å². The summed E-state index contributed by atoms with van der Waals surface area (Å²) < 4.78 is 0. The number of rotatable bonds is 2. The number of carbonyl (C=O) groups excluding carboxylic acids is 1. The number of anilines is 1. The van der Waals surface area contributed by atoms with Crippen LogP contribution in [0.4, 0.5) is 5.69 Å². The van der Waals surface area contributed by atoms with Crippen molar-refractivity contribution >= 4 is 17.3 Å². The highest BCUT2D eigenvalue weighted by Crippen LogP contribution is 2.24. The van der Waals surface area contributed by atoms with Crippen molar-refractivity contribution in [2.75, 3.05) is 5.01 Å². The molecule has 0 saturated heterocycles. The number of hydrazone groups is 1. The van der Waals surface area contributed by atoms with Crippen molar-refractivity contribution in [1.29, 1.82) is 5.26 Å². The standard InChI is InChI=1S/C12H11N3O/c1-2-10-7-12(16)15(14-10)11-6-4-3-5-9(11)8-13/h3-6H,2,7H2,1H3. The summed E-state index contributed by atoms with van der Waals surface area (Å²) in [5.74, 6) is -0.0699. The van der Waals surface area contributed by atoms with Crippen molar-refractivity contribution in [3.05, 3.63) is 29.8 Å². The van der Waals surface area contributed by atoms with E-state index in [1.165, 1.54) is 5.01 Å². The molecule has 1 aliphatic heterocycles. The maximum absolute atomic E-state index is 11.7. The van der Waals surface area contributed by atoms with Gasteiger partial charge in [0.15, 0.2) is 0 Å². The average molecular weight is 213 g/mol. The highest BCUT2D eigenvalue weighted by atomic mass is 16.2. The highest BCUT2D eigenvalue weighted by Gasteiger charge is 2.25. The first-order chi connectivity index (χ1) is 7.76. The summed E-state index contributed by atoms with van der Waals surface area (Å²) in [4.78, 5) is 11.7. The lowest BCUT2D eigenvalue weighted by Gasteiger charge is -2.12. The van der Waals surface area contributed by atoms with Crippen molar-refractivity contribution in [2.24, 2.45) is 5.10 Å². The Labute approximate surface area is 93.8 Å². The Morgan fingerprint density at radius 1 is 1.50 bits per heavy atom. The second-order valence-corrected chi connectivity index (χ2v) is 3.53. The molecule has 0 bridgehead atoms. The van der Waals surface area contributed by atoms with Crippen LogP contribution in [0.15, 0.2) is 29.4 Å². The third kappa shape index (κ3) is 1.68. The molecule has 0 spiro atoms. The van der Waals surface area contributed by atoms with Gasteiger partial charge in [-0.3, -0.25) is 4.79 Å². The van der Waals surface area contributed by atoms with Crippen molar-refractivity contribution in [3.63, 3.8) is 0 Å². The zero-order valence-corrected chi connectivity index (χ0v) is 8.97. The lowest BCUT2D eigenvalue weighted by Crippen LogP contribution is -2.20. The van der Waals surface area contributed by atoms with Gasteiger partial charge in [0.05, 0.1) is 17.7 Å². The first kappa shape index (κ1) is 10.4. The topological polar surface area (TPSA) is 56.5 Å². The van der Waals surface area contributed by atoms with Gasteiger partial charge in [-0.15, -0.1) is 0 Å². The van der Waals surface area contributed by atoms with Crippen LogP contribution in [0.25, 0.3) is 0 Å². The molecule has 2 rings (SSSR count). The van der Waals surface area contributed by atoms with E-state index >= 15 is 0 Å². The molecule has 0 saturated carbocycles. The predicted octanol–water partition coefficient (Wildman–Crippen LogP) is 2.06. The molecule has 0 unspecified atom stereocenters. The van der Waals surface area contributed by atoms with Gasteiger partial charge >= 0.3 is 0 Å². The van der Waals surface area contributed by atoms with E-state index in [-0.39, 0.29) is 5.91 Å². The minimum Gasteiger partial charge on any atom is -0.272 e. The number of para-hydroxylation sites is 1. The zero-order valence-electron chi connectivity index (χ0n) is 8.97. The minimum absolute atomic E-state index is 0.0699. The molecule has 0 atom stereocenters. The molecule has 0 N–H and O–H groups in total. The molecule has 1 aromatic rings. The Balaban J connectivity index is 2.42. The summed E-state index contributed by atoms with van der Waals surface area (Å²) in [6.07, 6.45) is 1.12. The fraction of sp³-hybridized carbons (Fsp3) is 0.250. The average Bonchev–Trinajstić information content (AvgIpc) is 2.70. The van der Waals surface area contributed by atoms with Gasteiger partial charge in [-0.25, -0.2) is 0 Å². The van der Waals surface area contributed by atoms with Gasteiger partial charge in [-0.05, 0) is 18.6 Å². The minimum atomic E-state index is -0.0699. The van der Waals surface area contributed by atoms with Gasteiger partial charge in [0, 0.05) is 5.71 Å². The maximum Gasteiger partial charge on any atom is 0.253 e. The Morgan fingerprint density at radius 2 is 2.25 bits per heavy atom. The highest BCUT2D eigenvalue weighted by molar-refractivity contribution is 6.13. The molecule has 0 fully saturated rings. The van der Waals surface area contributed by atoms with Crippen LogP contribution in [0.3, 0.4) is 0 Å². The Morgan fingerprint density at radius 3 is 2.88 bits per heavy atom. The molecule has 1 aromatic carbocycles. The first-order valence-corrected chi connectivity index (χ1v) is 5.14. The van der Waals surface area contributed by atoms with Crippen LogP contribution in [-0.4, -0.2) is 11.6 Å². The normalized spacial score (nSPS) is 14.9. The molecule has 0 aromatic heterocycles. The summed E-state index contributed by atoms with van der Waals surface area (Å²) in [7, 11) is 0. The number of nitriles is 1. The number of amides is 1. The van der Waals surface area contributed by atoms with Crippen LogP contribution in [0.2, 0.25) is 0 Å². The van der Waals surface area contributed by atoms with Gasteiger partial charge in [0.25, 0.3) is 5.91 Å². The number of hydrogen-bond donors (Lipinski definition) is 0. The molecule has 1 heterocycles. The van der Waals surface area contributed by atoms with Crippen molar-refractivity contribution in [3.8, 4) is 6.07 Å². The van der Waals surface area contributed by atoms with E-state index in [0.29, 0.717) is 17.7 Å². The smallest absolute Gasteiger partial charge is 0.253 e. The van der Waals surface area contributed by atoms with Crippen LogP contribution in [0.5, 0.6) is 0 Å². The molecule has 4 heteroatoms. The Kier molecular flexibility index (Phi) is 2.69. The molecule has 16 heavy (non-hydrogen) atoms. The zero-order chi connectivity index (χ0) is 11.5. The Hall–Kier alpha value is -2.15. The molecule has 1 aliphatic rings. The van der Waals surface area contributed by atoms with Crippen LogP contribution in [-0.2, 0) is 4.79 Å². The van der Waals surface area contributed by atoms with E-state index in [9.17, 15) is 4.79 Å². The van der Waals surface area contributed by atoms with Gasteiger partial charge in [-0.1, -0.05) is 19.1 Å². The van der Waals surface area contributed by atoms with Crippen molar-refractivity contribution < 1.29 is 4.79 Å². The van der Waals surface area contributed by atoms with Crippen molar-refractivity contribution in [1.82, 2.24) is 0 Å². The quantitative estimate of drug-likeness (QED) is 0.755. The summed E-state index contributed by atoms with van der Waals surface area (Å²) in [5, 5.41) is 14.5. The lowest BCUT2D eigenvalue weighted by molar-refractivity contribution is -0.116. The largest absolute Gasteiger partial charge is 0.272 e. The second-order valence-electron chi connectivity index (χ2n) is 3.53. The molecule has 0 aliphatic carbocycles. The predicted molar refractivity (Wildman–Crippen MR) is 61.0 cm³/mol. The summed E-state index contributed by atoms with van der Waals surface area (Å²) in [5.41, 5.74) is 1.90. The molecular formula is C12H11N3O. The van der Waals surface area contributed by atoms with E-state index in [1.807, 2.05) is 6.92 Å². The summed E-state index contributed by atoms with van der Waals surface area (Å²) >= 11 is 0. The van der Waals surface area contributed by atoms with Crippen molar-refractivity contribution in [2.45, 2.75) is 19.8 Å². The SMILES string of the molecule is CCC1=NN(c2ccccc2C#N)C(=O)C1. The number of hydrogen-bond acceptors (Lipinski definition) is 3. The number of carbonyl (C=O) groups is 1. The maximum atomic E-state index is 11.7. The Bertz CT molecular complexity index is 499. The molecule has 4 nitrogen and oxygen atoms in total. The fourth-order valence-corrected chi connectivity index (χ4v) is 1.62. The van der Waals surface area contributed by atoms with Gasteiger partial charge in [0.2, 0.25) is 0 Å². The third-order valence-corrected chi connectivity index (χ3v) is 2.49. The van der Waals surface area contributed by atoms with E-state index in [1.54, 1.807) is 24.3 Å². The summed E-state index contributed by atoms with van der Waals surface area (Å²) in [6, 6.07) is 9.05. The second kappa shape index (κ2) is 4.15. The van der Waals surface area contributed by atoms with Crippen LogP contribution in [0, 0.1) is 11.3 Å². The molecule has 80 valence electrons. The van der Waals surface area contributed by atoms with E-state index in [4.69, 9.17) is 5.26 Å². The van der Waals surface area contributed by atoms with Gasteiger partial charge in [0.1, 0.15) is 6.07 Å². The van der Waals surface area contributed by atoms with Gasteiger partial charge < -0.3 is 0 Å². The first-order valence-electron chi connectivity index (χ1n) is 5.14. The molecule has 1 amide bonds. The molecule has 0 radical (unpaired) electrons. The van der Waals surface area contributed by atoms with Crippen LogP contribution >= 0.6 is 0 Å². The van der Waals surface area contributed by atoms with E-state index < -0.39 is 0 Å². The monoisotopic (exact) mass is 213 g/mol. The third-order valence-electron chi connectivity index (χ3n) is 2.49. The molecular weight excluding hydrogens is 202 g/mol. The lowest BCUT2D eigenvalue weighted by atomic mass is 10.2. The summed E-state index contributed by atoms with van der Waals surface area (Å²) in [6.45, 7) is 1.96.